The Morgan fingerprint density at radius 2 is 0.962 bits per heavy atom. The van der Waals surface area contributed by atoms with Crippen molar-refractivity contribution < 1.29 is 8.85 Å². The van der Waals surface area contributed by atoms with Crippen LogP contribution in [0.5, 0.6) is 0 Å². The molecule has 0 spiro atoms. The Kier molecular flexibility index (Phi) is 16.0. The van der Waals surface area contributed by atoms with Gasteiger partial charge < -0.3 is 23.6 Å². The summed E-state index contributed by atoms with van der Waals surface area (Å²) in [6, 6.07) is 2.08. The van der Waals surface area contributed by atoms with Gasteiger partial charge in [-0.2, -0.15) is 0 Å². The van der Waals surface area contributed by atoms with Crippen molar-refractivity contribution in [2.45, 2.75) is 59.5 Å². The Morgan fingerprint density at radius 1 is 0.577 bits per heavy atom. The predicted octanol–water partition coefficient (Wildman–Crippen LogP) is 3.51. The maximum absolute atomic E-state index is 5.82. The number of hydrogen-bond donors (Lipinski definition) is 0. The molecule has 158 valence electrons. The summed E-state index contributed by atoms with van der Waals surface area (Å²) in [6.07, 6.45) is 2.49. The van der Waals surface area contributed by atoms with Gasteiger partial charge in [0.05, 0.1) is 0 Å². The molecule has 0 aliphatic carbocycles. The summed E-state index contributed by atoms with van der Waals surface area (Å²) in [5, 5.41) is 0. The van der Waals surface area contributed by atoms with E-state index in [9.17, 15) is 0 Å². The van der Waals surface area contributed by atoms with Crippen molar-refractivity contribution in [3.8, 4) is 0 Å². The molecule has 0 aromatic rings. The fourth-order valence-electron chi connectivity index (χ4n) is 3.53. The van der Waals surface area contributed by atoms with Crippen LogP contribution < -0.4 is 0 Å². The molecule has 0 N–H and O–H groups in total. The third kappa shape index (κ3) is 10.4. The molecule has 0 fully saturated rings. The lowest BCUT2D eigenvalue weighted by Gasteiger charge is -2.31. The first-order chi connectivity index (χ1) is 12.5. The highest BCUT2D eigenvalue weighted by molar-refractivity contribution is 6.67. The standard InChI is InChI=1S/C20H47N3O2Si/c1-8-21(9-2)15-13-17-23(18-14-16-22(10-3)11-4)19-20-26(12-5,24-6)25-7/h8-20H2,1-7H3. The topological polar surface area (TPSA) is 28.2 Å². The highest BCUT2D eigenvalue weighted by Crippen LogP contribution is 2.18. The molecule has 0 radical (unpaired) electrons. The van der Waals surface area contributed by atoms with Crippen LogP contribution in [0.4, 0.5) is 0 Å². The van der Waals surface area contributed by atoms with Crippen LogP contribution >= 0.6 is 0 Å². The average Bonchev–Trinajstić information content (AvgIpc) is 2.69. The number of rotatable bonds is 18. The normalized spacial score (nSPS) is 12.7. The third-order valence-electron chi connectivity index (χ3n) is 5.78. The van der Waals surface area contributed by atoms with Crippen molar-refractivity contribution in [1.29, 1.82) is 0 Å². The van der Waals surface area contributed by atoms with E-state index in [1.165, 1.54) is 39.0 Å². The van der Waals surface area contributed by atoms with Gasteiger partial charge in [-0.15, -0.1) is 0 Å². The Balaban J connectivity index is 4.56. The molecule has 0 saturated carbocycles. The minimum absolute atomic E-state index is 1.02. The lowest BCUT2D eigenvalue weighted by atomic mass is 10.3. The lowest BCUT2D eigenvalue weighted by Crippen LogP contribution is -2.43. The zero-order chi connectivity index (χ0) is 19.8. The summed E-state index contributed by atoms with van der Waals surface area (Å²) >= 11 is 0. The third-order valence-corrected chi connectivity index (χ3v) is 9.33. The lowest BCUT2D eigenvalue weighted by molar-refractivity contribution is 0.206. The molecule has 0 rings (SSSR count). The molecule has 26 heavy (non-hydrogen) atoms. The minimum Gasteiger partial charge on any atom is -0.398 e. The molecular weight excluding hydrogens is 342 g/mol. The van der Waals surface area contributed by atoms with Crippen molar-refractivity contribution in [3.63, 3.8) is 0 Å². The molecule has 0 unspecified atom stereocenters. The maximum atomic E-state index is 5.82. The smallest absolute Gasteiger partial charge is 0.338 e. The molecule has 0 bridgehead atoms. The summed E-state index contributed by atoms with van der Waals surface area (Å²) in [6.45, 7) is 21.7. The van der Waals surface area contributed by atoms with Gasteiger partial charge in [-0.1, -0.05) is 34.6 Å². The molecule has 0 amide bonds. The Bertz CT molecular complexity index is 283. The van der Waals surface area contributed by atoms with E-state index in [2.05, 4.69) is 49.3 Å². The second kappa shape index (κ2) is 16.0. The Morgan fingerprint density at radius 3 is 1.27 bits per heavy atom. The van der Waals surface area contributed by atoms with Crippen LogP contribution in [-0.2, 0) is 8.85 Å². The largest absolute Gasteiger partial charge is 0.398 e. The first-order valence-corrected chi connectivity index (χ1v) is 13.0. The Labute approximate surface area is 165 Å². The van der Waals surface area contributed by atoms with E-state index in [0.29, 0.717) is 0 Å². The molecule has 0 aliphatic heterocycles. The van der Waals surface area contributed by atoms with Crippen LogP contribution in [0.2, 0.25) is 12.1 Å². The van der Waals surface area contributed by atoms with Crippen molar-refractivity contribution in [2.75, 3.05) is 73.1 Å². The summed E-state index contributed by atoms with van der Waals surface area (Å²) in [4.78, 5) is 7.68. The molecule has 0 atom stereocenters. The van der Waals surface area contributed by atoms with Crippen molar-refractivity contribution >= 4 is 8.56 Å². The molecule has 5 nitrogen and oxygen atoms in total. The van der Waals surface area contributed by atoms with E-state index < -0.39 is 8.56 Å². The Hall–Kier alpha value is 0.0169. The first-order valence-electron chi connectivity index (χ1n) is 10.8. The summed E-state index contributed by atoms with van der Waals surface area (Å²) in [5.74, 6) is 0. The quantitative estimate of drug-likeness (QED) is 0.335. The first kappa shape index (κ1) is 26.0. The zero-order valence-corrected chi connectivity index (χ0v) is 19.9. The molecule has 6 heteroatoms. The number of hydrogen-bond acceptors (Lipinski definition) is 5. The number of nitrogens with zero attached hydrogens (tertiary/aromatic N) is 3. The van der Waals surface area contributed by atoms with Crippen molar-refractivity contribution in [1.82, 2.24) is 14.7 Å². The van der Waals surface area contributed by atoms with Crippen LogP contribution in [-0.4, -0.2) is 96.4 Å². The van der Waals surface area contributed by atoms with E-state index in [1.54, 1.807) is 0 Å². The molecular formula is C20H47N3O2Si. The van der Waals surface area contributed by atoms with Crippen LogP contribution in [0.1, 0.15) is 47.5 Å². The fraction of sp³-hybridized carbons (Fsp3) is 1.00. The van der Waals surface area contributed by atoms with Gasteiger partial charge in [0.15, 0.2) is 0 Å². The summed E-state index contributed by atoms with van der Waals surface area (Å²) < 4.78 is 11.6. The molecule has 0 aromatic carbocycles. The highest BCUT2D eigenvalue weighted by Gasteiger charge is 2.33. The SMILES string of the molecule is CCN(CC)CCCN(CCCN(CC)CC)CC[Si](CC)(OC)OC. The van der Waals surface area contributed by atoms with Crippen LogP contribution in [0.25, 0.3) is 0 Å². The van der Waals surface area contributed by atoms with Crippen LogP contribution in [0.3, 0.4) is 0 Å². The summed E-state index contributed by atoms with van der Waals surface area (Å²) in [7, 11) is 1.66. The van der Waals surface area contributed by atoms with E-state index >= 15 is 0 Å². The highest BCUT2D eigenvalue weighted by atomic mass is 28.4. The second-order valence-electron chi connectivity index (χ2n) is 7.02. The van der Waals surface area contributed by atoms with Gasteiger partial charge in [0, 0.05) is 26.8 Å². The van der Waals surface area contributed by atoms with E-state index in [4.69, 9.17) is 8.85 Å². The fourth-order valence-corrected chi connectivity index (χ4v) is 5.70. The second-order valence-corrected chi connectivity index (χ2v) is 10.9. The zero-order valence-electron chi connectivity index (χ0n) is 18.9. The van der Waals surface area contributed by atoms with E-state index in [1.807, 2.05) is 14.2 Å². The van der Waals surface area contributed by atoms with Gasteiger partial charge in [-0.25, -0.2) is 0 Å². The van der Waals surface area contributed by atoms with Crippen molar-refractivity contribution in [2.24, 2.45) is 0 Å². The maximum Gasteiger partial charge on any atom is 0.338 e. The van der Waals surface area contributed by atoms with Gasteiger partial charge >= 0.3 is 8.56 Å². The molecule has 0 aliphatic rings. The van der Waals surface area contributed by atoms with Crippen LogP contribution in [0, 0.1) is 0 Å². The van der Waals surface area contributed by atoms with Gasteiger partial charge in [0.2, 0.25) is 0 Å². The van der Waals surface area contributed by atoms with Crippen LogP contribution in [0.15, 0.2) is 0 Å². The van der Waals surface area contributed by atoms with E-state index in [-0.39, 0.29) is 0 Å². The average molecular weight is 390 g/mol. The monoisotopic (exact) mass is 389 g/mol. The van der Waals surface area contributed by atoms with Crippen molar-refractivity contribution in [3.05, 3.63) is 0 Å². The molecule has 0 heterocycles. The summed E-state index contributed by atoms with van der Waals surface area (Å²) in [5.41, 5.74) is 0. The van der Waals surface area contributed by atoms with Gasteiger partial charge in [-0.05, 0) is 71.2 Å². The molecule has 0 aromatic heterocycles. The minimum atomic E-state index is -1.99. The van der Waals surface area contributed by atoms with Gasteiger partial charge in [0.25, 0.3) is 0 Å². The predicted molar refractivity (Wildman–Crippen MR) is 116 cm³/mol. The van der Waals surface area contributed by atoms with Gasteiger partial charge in [-0.3, -0.25) is 0 Å². The molecule has 0 saturated heterocycles. The van der Waals surface area contributed by atoms with Gasteiger partial charge in [0.1, 0.15) is 0 Å². The van der Waals surface area contributed by atoms with E-state index in [0.717, 1.165) is 44.8 Å².